The smallest absolute Gasteiger partial charge is 0.290 e. The summed E-state index contributed by atoms with van der Waals surface area (Å²) in [6.45, 7) is 2.96. The maximum Gasteiger partial charge on any atom is 0.290 e. The average molecular weight is 286 g/mol. The highest BCUT2D eigenvalue weighted by Gasteiger charge is 2.11. The van der Waals surface area contributed by atoms with E-state index in [2.05, 4.69) is 22.4 Å². The van der Waals surface area contributed by atoms with Crippen LogP contribution in [0, 0.1) is 17.0 Å². The van der Waals surface area contributed by atoms with Gasteiger partial charge in [0.2, 0.25) is 0 Å². The third-order valence-corrected chi connectivity index (χ3v) is 3.21. The number of aryl methyl sites for hydroxylation is 1. The molecule has 2 rings (SSSR count). The molecule has 1 aromatic carbocycles. The molecule has 0 saturated carbocycles. The Balaban J connectivity index is 1.99. The number of nitrogens with two attached hydrogens (primary N) is 1. The van der Waals surface area contributed by atoms with Crippen LogP contribution in [0.4, 0.5) is 11.5 Å². The number of nitro groups is 1. The number of pyridine rings is 1. The second-order valence-corrected chi connectivity index (χ2v) is 4.82. The van der Waals surface area contributed by atoms with Gasteiger partial charge in [-0.15, -0.1) is 0 Å². The van der Waals surface area contributed by atoms with E-state index in [9.17, 15) is 10.1 Å². The standard InChI is InChI=1S/C15H18N4O2/c1-11-8-15(18-10-14(11)19(20)21)17-9-13-4-2-12(3-5-13)6-7-16/h2-5,8,10H,6-7,9,16H2,1H3,(H,17,18). The summed E-state index contributed by atoms with van der Waals surface area (Å²) in [5.74, 6) is 0.629. The zero-order chi connectivity index (χ0) is 15.2. The topological polar surface area (TPSA) is 94.1 Å². The van der Waals surface area contributed by atoms with E-state index in [1.807, 2.05) is 12.1 Å². The summed E-state index contributed by atoms with van der Waals surface area (Å²) in [7, 11) is 0. The molecule has 0 bridgehead atoms. The van der Waals surface area contributed by atoms with Crippen LogP contribution in [0.3, 0.4) is 0 Å². The largest absolute Gasteiger partial charge is 0.366 e. The predicted octanol–water partition coefficient (Wildman–Crippen LogP) is 2.41. The lowest BCUT2D eigenvalue weighted by atomic mass is 10.1. The molecular formula is C15H18N4O2. The van der Waals surface area contributed by atoms with Gasteiger partial charge in [-0.25, -0.2) is 4.98 Å². The molecule has 2 aromatic rings. The van der Waals surface area contributed by atoms with Gasteiger partial charge < -0.3 is 11.1 Å². The molecule has 6 nitrogen and oxygen atoms in total. The van der Waals surface area contributed by atoms with E-state index in [0.717, 1.165) is 12.0 Å². The first-order valence-electron chi connectivity index (χ1n) is 6.73. The highest BCUT2D eigenvalue weighted by atomic mass is 16.6. The molecule has 3 N–H and O–H groups in total. The molecule has 6 heteroatoms. The van der Waals surface area contributed by atoms with Crippen molar-refractivity contribution in [1.29, 1.82) is 0 Å². The normalized spacial score (nSPS) is 10.4. The minimum atomic E-state index is -0.428. The molecule has 0 atom stereocenters. The van der Waals surface area contributed by atoms with Crippen LogP contribution in [0.2, 0.25) is 0 Å². The lowest BCUT2D eigenvalue weighted by molar-refractivity contribution is -0.385. The fraction of sp³-hybridized carbons (Fsp3) is 0.267. The number of hydrogen-bond acceptors (Lipinski definition) is 5. The quantitative estimate of drug-likeness (QED) is 0.628. The number of aromatic nitrogens is 1. The van der Waals surface area contributed by atoms with Crippen LogP contribution in [0.1, 0.15) is 16.7 Å². The first-order valence-corrected chi connectivity index (χ1v) is 6.73. The van der Waals surface area contributed by atoms with Crippen LogP contribution in [-0.4, -0.2) is 16.5 Å². The van der Waals surface area contributed by atoms with Crippen molar-refractivity contribution in [2.45, 2.75) is 19.9 Å². The van der Waals surface area contributed by atoms with Gasteiger partial charge in [-0.2, -0.15) is 0 Å². The Labute approximate surface area is 123 Å². The van der Waals surface area contributed by atoms with Gasteiger partial charge in [-0.3, -0.25) is 10.1 Å². The SMILES string of the molecule is Cc1cc(NCc2ccc(CCN)cc2)ncc1[N+](=O)[O-]. The van der Waals surface area contributed by atoms with Crippen molar-refractivity contribution in [2.24, 2.45) is 5.73 Å². The van der Waals surface area contributed by atoms with Crippen LogP contribution in [0.15, 0.2) is 36.5 Å². The fourth-order valence-electron chi connectivity index (χ4n) is 2.02. The maximum absolute atomic E-state index is 10.7. The molecule has 110 valence electrons. The van der Waals surface area contributed by atoms with E-state index < -0.39 is 4.92 Å². The van der Waals surface area contributed by atoms with Gasteiger partial charge in [-0.1, -0.05) is 24.3 Å². The van der Waals surface area contributed by atoms with E-state index in [4.69, 9.17) is 5.73 Å². The van der Waals surface area contributed by atoms with Gasteiger partial charge >= 0.3 is 0 Å². The molecule has 0 unspecified atom stereocenters. The van der Waals surface area contributed by atoms with Gasteiger partial charge in [-0.05, 0) is 37.1 Å². The number of nitrogens with zero attached hydrogens (tertiary/aromatic N) is 2. The van der Waals surface area contributed by atoms with Crippen molar-refractivity contribution in [2.75, 3.05) is 11.9 Å². The molecule has 0 fully saturated rings. The Morgan fingerprint density at radius 2 is 1.95 bits per heavy atom. The van der Waals surface area contributed by atoms with Crippen LogP contribution >= 0.6 is 0 Å². The number of anilines is 1. The molecule has 0 spiro atoms. The van der Waals surface area contributed by atoms with Crippen molar-refractivity contribution < 1.29 is 4.92 Å². The molecule has 0 amide bonds. The fourth-order valence-corrected chi connectivity index (χ4v) is 2.02. The lowest BCUT2D eigenvalue weighted by Crippen LogP contribution is -2.04. The van der Waals surface area contributed by atoms with E-state index >= 15 is 0 Å². The number of rotatable bonds is 6. The molecule has 1 aromatic heterocycles. The van der Waals surface area contributed by atoms with E-state index in [1.54, 1.807) is 13.0 Å². The third kappa shape index (κ3) is 4.00. The van der Waals surface area contributed by atoms with Gasteiger partial charge in [0.25, 0.3) is 5.69 Å². The molecule has 0 aliphatic carbocycles. The van der Waals surface area contributed by atoms with Crippen LogP contribution < -0.4 is 11.1 Å². The van der Waals surface area contributed by atoms with Crippen LogP contribution in [-0.2, 0) is 13.0 Å². The number of benzene rings is 1. The summed E-state index contributed by atoms with van der Waals surface area (Å²) in [5.41, 5.74) is 8.47. The molecule has 0 aliphatic heterocycles. The minimum absolute atomic E-state index is 0.0340. The average Bonchev–Trinajstić information content (AvgIpc) is 2.46. The van der Waals surface area contributed by atoms with Crippen molar-refractivity contribution in [3.8, 4) is 0 Å². The first kappa shape index (κ1) is 14.9. The third-order valence-electron chi connectivity index (χ3n) is 3.21. The molecule has 0 aliphatic rings. The predicted molar refractivity (Wildman–Crippen MR) is 82.2 cm³/mol. The van der Waals surface area contributed by atoms with E-state index in [1.165, 1.54) is 11.8 Å². The summed E-state index contributed by atoms with van der Waals surface area (Å²) >= 11 is 0. The Morgan fingerprint density at radius 3 is 2.52 bits per heavy atom. The van der Waals surface area contributed by atoms with Crippen molar-refractivity contribution in [1.82, 2.24) is 4.98 Å². The van der Waals surface area contributed by atoms with Gasteiger partial charge in [0.05, 0.1) is 4.92 Å². The van der Waals surface area contributed by atoms with Gasteiger partial charge in [0.15, 0.2) is 0 Å². The summed E-state index contributed by atoms with van der Waals surface area (Å²) in [4.78, 5) is 14.4. The highest BCUT2D eigenvalue weighted by Crippen LogP contribution is 2.19. The molecule has 1 heterocycles. The summed E-state index contributed by atoms with van der Waals surface area (Å²) in [5, 5.41) is 13.9. The van der Waals surface area contributed by atoms with E-state index in [-0.39, 0.29) is 5.69 Å². The Morgan fingerprint density at radius 1 is 1.29 bits per heavy atom. The Hall–Kier alpha value is -2.47. The molecule has 0 saturated heterocycles. The Kier molecular flexibility index (Phi) is 4.84. The van der Waals surface area contributed by atoms with Crippen LogP contribution in [0.25, 0.3) is 0 Å². The molecule has 0 radical (unpaired) electrons. The first-order chi connectivity index (χ1) is 10.1. The van der Waals surface area contributed by atoms with E-state index in [0.29, 0.717) is 24.5 Å². The van der Waals surface area contributed by atoms with Crippen molar-refractivity contribution in [3.63, 3.8) is 0 Å². The summed E-state index contributed by atoms with van der Waals surface area (Å²) in [6.07, 6.45) is 2.15. The second-order valence-electron chi connectivity index (χ2n) is 4.82. The zero-order valence-electron chi connectivity index (χ0n) is 11.9. The lowest BCUT2D eigenvalue weighted by Gasteiger charge is -2.07. The summed E-state index contributed by atoms with van der Waals surface area (Å²) in [6, 6.07) is 9.87. The summed E-state index contributed by atoms with van der Waals surface area (Å²) < 4.78 is 0. The minimum Gasteiger partial charge on any atom is -0.366 e. The van der Waals surface area contributed by atoms with Gasteiger partial charge in [0.1, 0.15) is 12.0 Å². The number of nitrogens with one attached hydrogen (secondary N) is 1. The maximum atomic E-state index is 10.7. The van der Waals surface area contributed by atoms with Crippen LogP contribution in [0.5, 0.6) is 0 Å². The highest BCUT2D eigenvalue weighted by molar-refractivity contribution is 5.47. The molecular weight excluding hydrogens is 268 g/mol. The van der Waals surface area contributed by atoms with Gasteiger partial charge in [0, 0.05) is 12.1 Å². The number of hydrogen-bond donors (Lipinski definition) is 2. The second kappa shape index (κ2) is 6.81. The monoisotopic (exact) mass is 286 g/mol. The Bertz CT molecular complexity index is 626. The van der Waals surface area contributed by atoms with Crippen molar-refractivity contribution in [3.05, 3.63) is 63.3 Å². The van der Waals surface area contributed by atoms with Crippen molar-refractivity contribution >= 4 is 11.5 Å². The zero-order valence-corrected chi connectivity index (χ0v) is 11.9. The molecule has 21 heavy (non-hydrogen) atoms.